The van der Waals surface area contributed by atoms with Gasteiger partial charge in [-0.15, -0.1) is 0 Å². The van der Waals surface area contributed by atoms with E-state index in [2.05, 4.69) is 69.7 Å². The van der Waals surface area contributed by atoms with E-state index in [-0.39, 0.29) is 5.04 Å². The highest BCUT2D eigenvalue weighted by atomic mass is 28.4. The average Bonchev–Trinajstić information content (AvgIpc) is 2.81. The first kappa shape index (κ1) is 25.9. The van der Waals surface area contributed by atoms with E-state index >= 15 is 0 Å². The summed E-state index contributed by atoms with van der Waals surface area (Å²) in [5, 5.41) is 0.286. The van der Waals surface area contributed by atoms with Crippen molar-refractivity contribution in [3.05, 3.63) is 36.0 Å². The number of nitrogens with zero attached hydrogens (tertiary/aromatic N) is 2. The van der Waals surface area contributed by atoms with Crippen molar-refractivity contribution < 1.29 is 9.16 Å². The highest BCUT2D eigenvalue weighted by Crippen LogP contribution is 2.44. The van der Waals surface area contributed by atoms with E-state index in [1.807, 2.05) is 25.3 Å². The normalized spacial score (nSPS) is 20.9. The molecule has 1 fully saturated rings. The van der Waals surface area contributed by atoms with Crippen LogP contribution < -0.4 is 4.74 Å². The molecule has 2 aromatic rings. The van der Waals surface area contributed by atoms with Gasteiger partial charge in [-0.2, -0.15) is 0 Å². The van der Waals surface area contributed by atoms with Crippen LogP contribution in [0.25, 0.3) is 17.1 Å². The summed E-state index contributed by atoms with van der Waals surface area (Å²) < 4.78 is 12.6. The van der Waals surface area contributed by atoms with E-state index in [1.54, 1.807) is 0 Å². The van der Waals surface area contributed by atoms with E-state index in [4.69, 9.17) is 9.16 Å². The molecule has 4 nitrogen and oxygen atoms in total. The van der Waals surface area contributed by atoms with Gasteiger partial charge in [-0.1, -0.05) is 46.8 Å². The van der Waals surface area contributed by atoms with Crippen molar-refractivity contribution in [3.8, 4) is 5.88 Å². The Balaban J connectivity index is 1.63. The number of rotatable bonds is 9. The van der Waals surface area contributed by atoms with Gasteiger partial charge in [0.15, 0.2) is 8.32 Å². The molecule has 0 saturated heterocycles. The van der Waals surface area contributed by atoms with Gasteiger partial charge >= 0.3 is 0 Å². The minimum atomic E-state index is -1.74. The number of ether oxygens (including phenoxy) is 1. The first-order valence-electron chi connectivity index (χ1n) is 13.0. The number of allylic oxidation sites excluding steroid dienone is 1. The molecule has 0 aromatic carbocycles. The third kappa shape index (κ3) is 6.05. The van der Waals surface area contributed by atoms with Crippen LogP contribution in [0.5, 0.6) is 5.88 Å². The van der Waals surface area contributed by atoms with Crippen molar-refractivity contribution >= 4 is 25.4 Å². The zero-order valence-corrected chi connectivity index (χ0v) is 22.9. The van der Waals surface area contributed by atoms with E-state index < -0.39 is 8.32 Å². The van der Waals surface area contributed by atoms with Gasteiger partial charge in [0, 0.05) is 23.9 Å². The Labute approximate surface area is 202 Å². The maximum absolute atomic E-state index is 6.98. The molecular formula is C28H44N2O2Si. The lowest BCUT2D eigenvalue weighted by molar-refractivity contribution is 0.0986. The molecule has 5 heteroatoms. The molecule has 0 spiro atoms. The molecule has 2 aromatic heterocycles. The Morgan fingerprint density at radius 1 is 1.06 bits per heavy atom. The average molecular weight is 469 g/mol. The van der Waals surface area contributed by atoms with Gasteiger partial charge in [0.25, 0.3) is 0 Å². The lowest BCUT2D eigenvalue weighted by Crippen LogP contribution is -2.49. The Morgan fingerprint density at radius 2 is 1.76 bits per heavy atom. The monoisotopic (exact) mass is 468 g/mol. The summed E-state index contributed by atoms with van der Waals surface area (Å²) in [6, 6.07) is 8.34. The Hall–Kier alpha value is -1.72. The Bertz CT molecular complexity index is 925. The molecule has 1 saturated carbocycles. The van der Waals surface area contributed by atoms with Gasteiger partial charge in [0.05, 0.1) is 17.6 Å². The number of pyridine rings is 2. The number of hydrogen-bond donors (Lipinski definition) is 0. The summed E-state index contributed by atoms with van der Waals surface area (Å²) >= 11 is 0. The molecule has 1 atom stereocenters. The Morgan fingerprint density at radius 3 is 2.36 bits per heavy atom. The van der Waals surface area contributed by atoms with E-state index in [0.717, 1.165) is 16.6 Å². The van der Waals surface area contributed by atoms with Crippen LogP contribution in [0.2, 0.25) is 17.1 Å². The molecule has 1 aliphatic carbocycles. The molecule has 1 aliphatic rings. The molecule has 0 amide bonds. The first-order chi connectivity index (χ1) is 15.7. The van der Waals surface area contributed by atoms with Crippen LogP contribution in [-0.4, -0.2) is 31.0 Å². The van der Waals surface area contributed by atoms with E-state index in [0.29, 0.717) is 30.4 Å². The topological polar surface area (TPSA) is 44.2 Å². The van der Waals surface area contributed by atoms with E-state index in [1.165, 1.54) is 37.8 Å². The molecule has 0 bridgehead atoms. The molecule has 0 radical (unpaired) electrons. The highest BCUT2D eigenvalue weighted by molar-refractivity contribution is 6.76. The minimum absolute atomic E-state index is 0.286. The van der Waals surface area contributed by atoms with Crippen LogP contribution in [0.1, 0.15) is 79.7 Å². The van der Waals surface area contributed by atoms with Gasteiger partial charge in [-0.3, -0.25) is 4.98 Å². The van der Waals surface area contributed by atoms with Gasteiger partial charge in [-0.25, -0.2) is 4.98 Å². The van der Waals surface area contributed by atoms with Crippen LogP contribution in [0.15, 0.2) is 30.5 Å². The number of aromatic nitrogens is 2. The molecule has 182 valence electrons. The quantitative estimate of drug-likeness (QED) is 0.349. The van der Waals surface area contributed by atoms with Crippen LogP contribution >= 0.6 is 0 Å². The highest BCUT2D eigenvalue weighted by Gasteiger charge is 2.45. The van der Waals surface area contributed by atoms with Crippen LogP contribution in [0, 0.1) is 11.8 Å². The third-order valence-electron chi connectivity index (χ3n) is 7.83. The lowest BCUT2D eigenvalue weighted by atomic mass is 9.79. The molecular weight excluding hydrogens is 424 g/mol. The van der Waals surface area contributed by atoms with Gasteiger partial charge in [0.1, 0.15) is 0 Å². The van der Waals surface area contributed by atoms with Crippen molar-refractivity contribution in [2.24, 2.45) is 11.8 Å². The largest absolute Gasteiger partial charge is 0.478 e. The number of fused-ring (bicyclic) bond motifs is 1. The number of hydrogen-bond acceptors (Lipinski definition) is 4. The standard InChI is InChI=1S/C28H44N2O2Si/c1-8-31-26-18-17-25-27(30-26)24(19-20-29-25)16-13-22-11-14-23(15-12-22)21(4)32-33(9-2,10-3)28(5,6)7/h13,16-23H,8-12,14-15H2,1-7H3. The van der Waals surface area contributed by atoms with Crippen LogP contribution in [0.4, 0.5) is 0 Å². The first-order valence-corrected chi connectivity index (χ1v) is 15.3. The van der Waals surface area contributed by atoms with Gasteiger partial charge in [-0.05, 0) is 80.6 Å². The molecule has 0 aliphatic heterocycles. The molecule has 0 N–H and O–H groups in total. The van der Waals surface area contributed by atoms with Crippen LogP contribution in [-0.2, 0) is 4.43 Å². The molecule has 1 unspecified atom stereocenters. The third-order valence-corrected chi connectivity index (χ3v) is 13.7. The van der Waals surface area contributed by atoms with Gasteiger partial charge in [0.2, 0.25) is 5.88 Å². The second-order valence-corrected chi connectivity index (χ2v) is 15.8. The van der Waals surface area contributed by atoms with E-state index in [9.17, 15) is 0 Å². The zero-order chi connectivity index (χ0) is 24.1. The fourth-order valence-corrected chi connectivity index (χ4v) is 9.76. The summed E-state index contributed by atoms with van der Waals surface area (Å²) in [7, 11) is -1.74. The summed E-state index contributed by atoms with van der Waals surface area (Å²) in [5.41, 5.74) is 2.94. The maximum Gasteiger partial charge on any atom is 0.213 e. The molecule has 33 heavy (non-hydrogen) atoms. The van der Waals surface area contributed by atoms with Crippen molar-refractivity contribution in [2.75, 3.05) is 6.61 Å². The van der Waals surface area contributed by atoms with Crippen LogP contribution in [0.3, 0.4) is 0 Å². The van der Waals surface area contributed by atoms with Crippen molar-refractivity contribution in [1.82, 2.24) is 9.97 Å². The molecule has 3 rings (SSSR count). The Kier molecular flexibility index (Phi) is 8.74. The maximum atomic E-state index is 6.98. The summed E-state index contributed by atoms with van der Waals surface area (Å²) in [5.74, 6) is 1.96. The van der Waals surface area contributed by atoms with Crippen molar-refractivity contribution in [3.63, 3.8) is 0 Å². The summed E-state index contributed by atoms with van der Waals surface area (Å²) in [6.07, 6.45) is 11.8. The zero-order valence-electron chi connectivity index (χ0n) is 21.9. The smallest absolute Gasteiger partial charge is 0.213 e. The fourth-order valence-electron chi connectivity index (χ4n) is 5.54. The van der Waals surface area contributed by atoms with Gasteiger partial charge < -0.3 is 9.16 Å². The summed E-state index contributed by atoms with van der Waals surface area (Å²) in [4.78, 5) is 9.15. The second-order valence-electron chi connectivity index (χ2n) is 10.7. The molecule has 2 heterocycles. The SMILES string of the molecule is CCOc1ccc2nccc(C=CC3CCC(C(C)O[Si](CC)(CC)C(C)(C)C)CC3)c2n1. The minimum Gasteiger partial charge on any atom is -0.478 e. The fraction of sp³-hybridized carbons (Fsp3) is 0.643. The van der Waals surface area contributed by atoms with Crippen molar-refractivity contribution in [2.45, 2.75) is 97.4 Å². The predicted octanol–water partition coefficient (Wildman–Crippen LogP) is 8.04. The lowest BCUT2D eigenvalue weighted by Gasteiger charge is -2.45. The summed E-state index contributed by atoms with van der Waals surface area (Å²) in [6.45, 7) is 16.8. The van der Waals surface area contributed by atoms with Crippen molar-refractivity contribution in [1.29, 1.82) is 0 Å². The predicted molar refractivity (Wildman–Crippen MR) is 142 cm³/mol. The second kappa shape index (κ2) is 11.1.